The topological polar surface area (TPSA) is 116 Å². The number of nitrogens with one attached hydrogen (secondary N) is 1. The van der Waals surface area contributed by atoms with Gasteiger partial charge in [0, 0.05) is 30.5 Å². The van der Waals surface area contributed by atoms with E-state index in [1.165, 1.54) is 35.6 Å². The Morgan fingerprint density at radius 3 is 2.50 bits per heavy atom. The van der Waals surface area contributed by atoms with Crippen molar-refractivity contribution in [3.05, 3.63) is 53.1 Å². The molecular formula is C29H38ClN3O6S. The van der Waals surface area contributed by atoms with Gasteiger partial charge in [0.05, 0.1) is 35.3 Å². The monoisotopic (exact) mass is 591 g/mol. The molecule has 1 aliphatic carbocycles. The number of benzene rings is 2. The summed E-state index contributed by atoms with van der Waals surface area (Å²) in [5.74, 6) is -0.640. The Balaban J connectivity index is 1.69. The van der Waals surface area contributed by atoms with Crippen molar-refractivity contribution in [3.8, 4) is 5.75 Å². The van der Waals surface area contributed by atoms with Crippen LogP contribution in [0.2, 0.25) is 5.02 Å². The number of carbonyl (C=O) groups is 2. The molecule has 0 spiro atoms. The summed E-state index contributed by atoms with van der Waals surface area (Å²) < 4.78 is 34.4. The van der Waals surface area contributed by atoms with Crippen LogP contribution in [-0.2, 0) is 14.8 Å². The van der Waals surface area contributed by atoms with Crippen molar-refractivity contribution in [2.75, 3.05) is 32.1 Å². The maximum absolute atomic E-state index is 13.7. The Morgan fingerprint density at radius 2 is 1.85 bits per heavy atom. The standard InChI is InChI=1S/C29H38ClN3O6S/c1-19-16-33(20(2)18-34)29(36)24-10-7-11-25(31-28(35)21-8-5-4-6-9-21)27(24)39-26(19)17-32(3)40(37,38)23-14-12-22(30)13-15-23/h7,10-15,19-21,26,34H,4-6,8-9,16-18H2,1-3H3,(H,31,35)/t19-,20+,26-/m1/s1. The van der Waals surface area contributed by atoms with Crippen LogP contribution in [0.25, 0.3) is 0 Å². The number of fused-ring (bicyclic) bond motifs is 1. The van der Waals surface area contributed by atoms with E-state index in [0.717, 1.165) is 32.1 Å². The molecule has 9 nitrogen and oxygen atoms in total. The number of sulfonamides is 1. The zero-order valence-corrected chi connectivity index (χ0v) is 24.7. The third-order valence-corrected chi connectivity index (χ3v) is 9.97. The molecule has 1 saturated carbocycles. The predicted octanol–water partition coefficient (Wildman–Crippen LogP) is 4.40. The number of anilines is 1. The van der Waals surface area contributed by atoms with E-state index in [9.17, 15) is 23.1 Å². The highest BCUT2D eigenvalue weighted by Gasteiger charge is 2.36. The van der Waals surface area contributed by atoms with Crippen molar-refractivity contribution in [2.45, 2.75) is 63.0 Å². The second-order valence-corrected chi connectivity index (χ2v) is 13.3. The van der Waals surface area contributed by atoms with E-state index in [1.54, 1.807) is 30.0 Å². The molecule has 2 aromatic rings. The maximum atomic E-state index is 13.7. The molecule has 2 aromatic carbocycles. The minimum Gasteiger partial charge on any atom is -0.486 e. The van der Waals surface area contributed by atoms with Crippen LogP contribution in [-0.4, -0.2) is 73.4 Å². The average molecular weight is 592 g/mol. The first-order valence-electron chi connectivity index (χ1n) is 13.8. The number of aliphatic hydroxyl groups excluding tert-OH is 1. The molecule has 4 rings (SSSR count). The molecule has 40 heavy (non-hydrogen) atoms. The van der Waals surface area contributed by atoms with Crippen molar-refractivity contribution in [1.82, 2.24) is 9.21 Å². The fourth-order valence-electron chi connectivity index (χ4n) is 5.30. The third-order valence-electron chi connectivity index (χ3n) is 7.88. The lowest BCUT2D eigenvalue weighted by molar-refractivity contribution is -0.120. The van der Waals surface area contributed by atoms with Gasteiger partial charge in [-0.3, -0.25) is 9.59 Å². The summed E-state index contributed by atoms with van der Waals surface area (Å²) in [6.45, 7) is 3.64. The number of nitrogens with zero attached hydrogens (tertiary/aromatic N) is 2. The van der Waals surface area contributed by atoms with Crippen LogP contribution in [0.15, 0.2) is 47.4 Å². The van der Waals surface area contributed by atoms with Crippen LogP contribution in [0.5, 0.6) is 5.75 Å². The molecule has 0 bridgehead atoms. The van der Waals surface area contributed by atoms with Crippen LogP contribution in [0, 0.1) is 11.8 Å². The maximum Gasteiger partial charge on any atom is 0.258 e. The lowest BCUT2D eigenvalue weighted by atomic mass is 9.88. The molecule has 1 fully saturated rings. The molecule has 1 aliphatic heterocycles. The third kappa shape index (κ3) is 6.62. The van der Waals surface area contributed by atoms with E-state index in [0.29, 0.717) is 10.7 Å². The summed E-state index contributed by atoms with van der Waals surface area (Å²) >= 11 is 5.95. The molecule has 0 radical (unpaired) electrons. The van der Waals surface area contributed by atoms with Crippen molar-refractivity contribution in [2.24, 2.45) is 11.8 Å². The molecule has 2 amide bonds. The van der Waals surface area contributed by atoms with Crippen molar-refractivity contribution >= 4 is 39.1 Å². The second-order valence-electron chi connectivity index (χ2n) is 10.9. The number of aliphatic hydroxyl groups is 1. The highest BCUT2D eigenvalue weighted by atomic mass is 35.5. The van der Waals surface area contributed by atoms with Gasteiger partial charge < -0.3 is 20.1 Å². The molecule has 0 saturated heterocycles. The summed E-state index contributed by atoms with van der Waals surface area (Å²) in [6.07, 6.45) is 4.09. The Morgan fingerprint density at radius 1 is 1.18 bits per heavy atom. The van der Waals surface area contributed by atoms with Gasteiger partial charge in [-0.05, 0) is 56.2 Å². The average Bonchev–Trinajstić information content (AvgIpc) is 2.95. The first kappa shape index (κ1) is 30.3. The summed E-state index contributed by atoms with van der Waals surface area (Å²) in [6, 6.07) is 10.5. The number of para-hydroxylation sites is 1. The van der Waals surface area contributed by atoms with E-state index in [1.807, 2.05) is 6.92 Å². The van der Waals surface area contributed by atoms with Gasteiger partial charge in [0.25, 0.3) is 5.91 Å². The van der Waals surface area contributed by atoms with Gasteiger partial charge in [-0.2, -0.15) is 4.31 Å². The molecule has 11 heteroatoms. The Bertz CT molecular complexity index is 1310. The Kier molecular flexibility index (Phi) is 9.76. The lowest BCUT2D eigenvalue weighted by Gasteiger charge is -2.38. The Labute approximate surface area is 241 Å². The van der Waals surface area contributed by atoms with Gasteiger partial charge in [0.2, 0.25) is 15.9 Å². The lowest BCUT2D eigenvalue weighted by Crippen LogP contribution is -2.50. The van der Waals surface area contributed by atoms with E-state index >= 15 is 0 Å². The van der Waals surface area contributed by atoms with Crippen LogP contribution in [0.1, 0.15) is 56.3 Å². The van der Waals surface area contributed by atoms with E-state index in [4.69, 9.17) is 16.3 Å². The normalized spacial score (nSPS) is 21.2. The number of amides is 2. The zero-order valence-electron chi connectivity index (χ0n) is 23.2. The molecule has 2 aliphatic rings. The van der Waals surface area contributed by atoms with Crippen LogP contribution in [0.3, 0.4) is 0 Å². The molecule has 0 aromatic heterocycles. The van der Waals surface area contributed by atoms with E-state index < -0.39 is 22.2 Å². The highest BCUT2D eigenvalue weighted by Crippen LogP contribution is 2.36. The van der Waals surface area contributed by atoms with Gasteiger partial charge in [0.15, 0.2) is 5.75 Å². The minimum absolute atomic E-state index is 0.00793. The molecule has 2 N–H and O–H groups in total. The van der Waals surface area contributed by atoms with Gasteiger partial charge in [-0.15, -0.1) is 0 Å². The van der Waals surface area contributed by atoms with Crippen LogP contribution in [0.4, 0.5) is 5.69 Å². The first-order valence-corrected chi connectivity index (χ1v) is 15.6. The number of hydrogen-bond acceptors (Lipinski definition) is 6. The number of rotatable bonds is 8. The van der Waals surface area contributed by atoms with Crippen molar-refractivity contribution < 1.29 is 27.9 Å². The minimum atomic E-state index is -3.86. The van der Waals surface area contributed by atoms with Gasteiger partial charge in [0.1, 0.15) is 6.10 Å². The predicted molar refractivity (Wildman–Crippen MR) is 154 cm³/mol. The van der Waals surface area contributed by atoms with E-state index in [2.05, 4.69) is 5.32 Å². The number of hydrogen-bond donors (Lipinski definition) is 2. The van der Waals surface area contributed by atoms with Crippen molar-refractivity contribution in [3.63, 3.8) is 0 Å². The second kappa shape index (κ2) is 12.9. The zero-order chi connectivity index (χ0) is 29.0. The molecule has 1 heterocycles. The molecule has 3 atom stereocenters. The largest absolute Gasteiger partial charge is 0.486 e. The molecule has 0 unspecified atom stereocenters. The highest BCUT2D eigenvalue weighted by molar-refractivity contribution is 7.89. The molecular weight excluding hydrogens is 554 g/mol. The van der Waals surface area contributed by atoms with E-state index in [-0.39, 0.29) is 59.6 Å². The first-order chi connectivity index (χ1) is 19.0. The van der Waals surface area contributed by atoms with Gasteiger partial charge in [-0.25, -0.2) is 8.42 Å². The van der Waals surface area contributed by atoms with Crippen molar-refractivity contribution in [1.29, 1.82) is 0 Å². The number of likely N-dealkylation sites (N-methyl/N-ethyl adjacent to an activating group) is 1. The Hall–Kier alpha value is -2.66. The van der Waals surface area contributed by atoms with Crippen LogP contribution >= 0.6 is 11.6 Å². The summed E-state index contributed by atoms with van der Waals surface area (Å²) in [5.41, 5.74) is 0.627. The number of ether oxygens (including phenoxy) is 1. The quantitative estimate of drug-likeness (QED) is 0.470. The van der Waals surface area contributed by atoms with Crippen LogP contribution < -0.4 is 10.1 Å². The van der Waals surface area contributed by atoms with Gasteiger partial charge >= 0.3 is 0 Å². The number of carbonyl (C=O) groups excluding carboxylic acids is 2. The van der Waals surface area contributed by atoms with Gasteiger partial charge in [-0.1, -0.05) is 43.9 Å². The summed E-state index contributed by atoms with van der Waals surface area (Å²) in [4.78, 5) is 28.5. The SMILES string of the molecule is C[C@@H]1CN([C@@H](C)CO)C(=O)c2cccc(NC(=O)C3CCCCC3)c2O[C@@H]1CN(C)S(=O)(=O)c1ccc(Cl)cc1. The smallest absolute Gasteiger partial charge is 0.258 e. The molecule has 218 valence electrons. The summed E-state index contributed by atoms with van der Waals surface area (Å²) in [5, 5.41) is 13.3. The fraction of sp³-hybridized carbons (Fsp3) is 0.517. The number of halogens is 1. The fourth-order valence-corrected chi connectivity index (χ4v) is 6.61. The summed E-state index contributed by atoms with van der Waals surface area (Å²) in [7, 11) is -2.38.